The summed E-state index contributed by atoms with van der Waals surface area (Å²) in [6.07, 6.45) is 0.948. The van der Waals surface area contributed by atoms with E-state index in [0.717, 1.165) is 17.0 Å². The Kier molecular flexibility index (Phi) is 2.52. The summed E-state index contributed by atoms with van der Waals surface area (Å²) < 4.78 is 0. The predicted molar refractivity (Wildman–Crippen MR) is 57.4 cm³/mol. The third-order valence-electron chi connectivity index (χ3n) is 3.19. The lowest BCUT2D eigenvalue weighted by Gasteiger charge is -2.11. The predicted octanol–water partition coefficient (Wildman–Crippen LogP) is 1.76. The average Bonchev–Trinajstić information content (AvgIpc) is 2.94. The third kappa shape index (κ3) is 1.44. The van der Waals surface area contributed by atoms with Crippen molar-refractivity contribution in [2.75, 3.05) is 13.2 Å². The summed E-state index contributed by atoms with van der Waals surface area (Å²) in [7, 11) is 0. The minimum absolute atomic E-state index is 0.106. The van der Waals surface area contributed by atoms with Crippen LogP contribution in [-0.2, 0) is 0 Å². The van der Waals surface area contributed by atoms with Crippen LogP contribution in [0.4, 0.5) is 0 Å². The fraction of sp³-hybridized carbons (Fsp3) is 0.455. The Morgan fingerprint density at radius 3 is 2.71 bits per heavy atom. The minimum atomic E-state index is -0.106. The van der Waals surface area contributed by atoms with E-state index in [0.29, 0.717) is 12.5 Å². The standard InChI is InChI=1S/C11H14ClNO/c12-10-4-2-1-3-8(10)9-5-11(9,6-13)7-14/h1-4,9,14H,5-7,13H2/t9-,11-/m1/s1. The Bertz CT molecular complexity index is 336. The molecule has 1 saturated carbocycles. The van der Waals surface area contributed by atoms with Gasteiger partial charge in [0, 0.05) is 17.0 Å². The zero-order chi connectivity index (χ0) is 10.2. The molecule has 1 aliphatic rings. The van der Waals surface area contributed by atoms with Crippen LogP contribution in [0.3, 0.4) is 0 Å². The van der Waals surface area contributed by atoms with Gasteiger partial charge in [-0.15, -0.1) is 0 Å². The van der Waals surface area contributed by atoms with Gasteiger partial charge in [-0.2, -0.15) is 0 Å². The van der Waals surface area contributed by atoms with E-state index in [4.69, 9.17) is 17.3 Å². The van der Waals surface area contributed by atoms with E-state index >= 15 is 0 Å². The zero-order valence-corrected chi connectivity index (χ0v) is 8.67. The lowest BCUT2D eigenvalue weighted by Crippen LogP contribution is -2.21. The number of hydrogen-bond acceptors (Lipinski definition) is 2. The van der Waals surface area contributed by atoms with Crippen LogP contribution in [0.5, 0.6) is 0 Å². The summed E-state index contributed by atoms with van der Waals surface area (Å²) in [6, 6.07) is 7.78. The average molecular weight is 212 g/mol. The zero-order valence-electron chi connectivity index (χ0n) is 7.91. The smallest absolute Gasteiger partial charge is 0.0505 e. The van der Waals surface area contributed by atoms with Gasteiger partial charge in [0.15, 0.2) is 0 Å². The maximum Gasteiger partial charge on any atom is 0.0505 e. The highest BCUT2D eigenvalue weighted by atomic mass is 35.5. The van der Waals surface area contributed by atoms with Gasteiger partial charge in [0.25, 0.3) is 0 Å². The van der Waals surface area contributed by atoms with Crippen LogP contribution < -0.4 is 5.73 Å². The van der Waals surface area contributed by atoms with Crippen LogP contribution in [0.15, 0.2) is 24.3 Å². The summed E-state index contributed by atoms with van der Waals surface area (Å²) in [5, 5.41) is 10.0. The first-order valence-corrected chi connectivity index (χ1v) is 5.17. The fourth-order valence-electron chi connectivity index (χ4n) is 2.01. The molecule has 0 heterocycles. The van der Waals surface area contributed by atoms with E-state index < -0.39 is 0 Å². The van der Waals surface area contributed by atoms with Gasteiger partial charge in [-0.25, -0.2) is 0 Å². The van der Waals surface area contributed by atoms with Gasteiger partial charge in [-0.3, -0.25) is 0 Å². The molecule has 0 aliphatic heterocycles. The molecule has 2 rings (SSSR count). The molecule has 0 bridgehead atoms. The molecule has 1 aliphatic carbocycles. The third-order valence-corrected chi connectivity index (χ3v) is 3.54. The van der Waals surface area contributed by atoms with Gasteiger partial charge in [0.1, 0.15) is 0 Å². The second-order valence-electron chi connectivity index (χ2n) is 4.00. The van der Waals surface area contributed by atoms with Gasteiger partial charge in [-0.05, 0) is 24.0 Å². The molecule has 0 unspecified atom stereocenters. The van der Waals surface area contributed by atoms with E-state index in [2.05, 4.69) is 0 Å². The Hall–Kier alpha value is -0.570. The second kappa shape index (κ2) is 3.54. The molecule has 3 N–H and O–H groups in total. The molecule has 2 nitrogen and oxygen atoms in total. The van der Waals surface area contributed by atoms with E-state index in [-0.39, 0.29) is 12.0 Å². The topological polar surface area (TPSA) is 46.2 Å². The van der Waals surface area contributed by atoms with Crippen LogP contribution in [0, 0.1) is 5.41 Å². The Labute approximate surface area is 88.7 Å². The molecule has 0 aromatic heterocycles. The van der Waals surface area contributed by atoms with Crippen LogP contribution in [-0.4, -0.2) is 18.3 Å². The molecule has 0 radical (unpaired) electrons. The Balaban J connectivity index is 2.24. The molecule has 14 heavy (non-hydrogen) atoms. The van der Waals surface area contributed by atoms with E-state index in [1.165, 1.54) is 0 Å². The summed E-state index contributed by atoms with van der Waals surface area (Å²) in [5.41, 5.74) is 6.67. The molecule has 0 amide bonds. The summed E-state index contributed by atoms with van der Waals surface area (Å²) in [6.45, 7) is 0.679. The molecule has 1 aromatic rings. The molecular formula is C11H14ClNO. The largest absolute Gasteiger partial charge is 0.396 e. The number of nitrogens with two attached hydrogens (primary N) is 1. The first kappa shape index (κ1) is 9.97. The van der Waals surface area contributed by atoms with E-state index in [1.807, 2.05) is 24.3 Å². The van der Waals surface area contributed by atoms with Crippen LogP contribution >= 0.6 is 11.6 Å². The van der Waals surface area contributed by atoms with Crippen molar-refractivity contribution in [2.45, 2.75) is 12.3 Å². The van der Waals surface area contributed by atoms with Gasteiger partial charge < -0.3 is 10.8 Å². The van der Waals surface area contributed by atoms with Crippen molar-refractivity contribution in [3.8, 4) is 0 Å². The normalized spacial score (nSPS) is 30.4. The molecule has 2 atom stereocenters. The summed E-state index contributed by atoms with van der Waals surface area (Å²) in [4.78, 5) is 0. The quantitative estimate of drug-likeness (QED) is 0.801. The first-order valence-electron chi connectivity index (χ1n) is 4.79. The molecular weight excluding hydrogens is 198 g/mol. The number of hydrogen-bond donors (Lipinski definition) is 2. The van der Waals surface area contributed by atoms with Crippen molar-refractivity contribution >= 4 is 11.6 Å². The number of rotatable bonds is 3. The van der Waals surface area contributed by atoms with Gasteiger partial charge >= 0.3 is 0 Å². The van der Waals surface area contributed by atoms with E-state index in [1.54, 1.807) is 0 Å². The molecule has 76 valence electrons. The molecule has 1 aromatic carbocycles. The van der Waals surface area contributed by atoms with E-state index in [9.17, 15) is 5.11 Å². The number of halogens is 1. The van der Waals surface area contributed by atoms with Gasteiger partial charge in [0.05, 0.1) is 6.61 Å². The highest BCUT2D eigenvalue weighted by Gasteiger charge is 2.53. The highest BCUT2D eigenvalue weighted by molar-refractivity contribution is 6.31. The minimum Gasteiger partial charge on any atom is -0.396 e. The highest BCUT2D eigenvalue weighted by Crippen LogP contribution is 2.59. The summed E-state index contributed by atoms with van der Waals surface area (Å²) >= 11 is 6.08. The van der Waals surface area contributed by atoms with Crippen LogP contribution in [0.25, 0.3) is 0 Å². The van der Waals surface area contributed by atoms with Crippen molar-refractivity contribution in [2.24, 2.45) is 11.1 Å². The molecule has 0 spiro atoms. The molecule has 3 heteroatoms. The van der Waals surface area contributed by atoms with Crippen LogP contribution in [0.1, 0.15) is 17.9 Å². The summed E-state index contributed by atoms with van der Waals surface area (Å²) in [5.74, 6) is 0.339. The second-order valence-corrected chi connectivity index (χ2v) is 4.41. The Morgan fingerprint density at radius 2 is 2.21 bits per heavy atom. The number of benzene rings is 1. The van der Waals surface area contributed by atoms with Gasteiger partial charge in [-0.1, -0.05) is 29.8 Å². The maximum atomic E-state index is 9.26. The van der Waals surface area contributed by atoms with Gasteiger partial charge in [0.2, 0.25) is 0 Å². The Morgan fingerprint density at radius 1 is 1.50 bits per heavy atom. The first-order chi connectivity index (χ1) is 6.73. The maximum absolute atomic E-state index is 9.26. The lowest BCUT2D eigenvalue weighted by molar-refractivity contribution is 0.211. The molecule has 1 fully saturated rings. The monoisotopic (exact) mass is 211 g/mol. The number of aliphatic hydroxyl groups is 1. The lowest BCUT2D eigenvalue weighted by atomic mass is 10.0. The van der Waals surface area contributed by atoms with Crippen molar-refractivity contribution in [1.82, 2.24) is 0 Å². The fourth-order valence-corrected chi connectivity index (χ4v) is 2.28. The van der Waals surface area contributed by atoms with Crippen molar-refractivity contribution in [3.05, 3.63) is 34.9 Å². The number of aliphatic hydroxyl groups excluding tert-OH is 1. The van der Waals surface area contributed by atoms with Crippen molar-refractivity contribution in [3.63, 3.8) is 0 Å². The van der Waals surface area contributed by atoms with Crippen molar-refractivity contribution in [1.29, 1.82) is 0 Å². The van der Waals surface area contributed by atoms with Crippen molar-refractivity contribution < 1.29 is 5.11 Å². The molecule has 0 saturated heterocycles. The SMILES string of the molecule is NC[C@@]1(CO)C[C@@H]1c1ccccc1Cl. The van der Waals surface area contributed by atoms with Crippen LogP contribution in [0.2, 0.25) is 5.02 Å².